The third-order valence-corrected chi connectivity index (χ3v) is 3.12. The third-order valence-electron chi connectivity index (χ3n) is 3.12. The summed E-state index contributed by atoms with van der Waals surface area (Å²) >= 11 is 0. The minimum atomic E-state index is -4.53. The number of halogens is 3. The molecule has 0 spiro atoms. The molecular weight excluding hydrogens is 295 g/mol. The Morgan fingerprint density at radius 2 is 1.86 bits per heavy atom. The van der Waals surface area contributed by atoms with Crippen molar-refractivity contribution >= 4 is 17.3 Å². The number of carbonyl (C=O) groups is 1. The van der Waals surface area contributed by atoms with Crippen LogP contribution < -0.4 is 11.1 Å². The molecule has 0 aliphatic heterocycles. The normalized spacial score (nSPS) is 11.3. The second-order valence-electron chi connectivity index (χ2n) is 4.86. The molecule has 2 rings (SSSR count). The molecule has 0 atom stereocenters. The first-order valence-corrected chi connectivity index (χ1v) is 6.41. The van der Waals surface area contributed by atoms with Crippen molar-refractivity contribution in [3.63, 3.8) is 0 Å². The quantitative estimate of drug-likeness (QED) is 0.834. The predicted molar refractivity (Wildman–Crippen MR) is 77.5 cm³/mol. The molecule has 2 aromatic rings. The summed E-state index contributed by atoms with van der Waals surface area (Å²) in [4.78, 5) is 15.6. The lowest BCUT2D eigenvalue weighted by Crippen LogP contribution is -2.17. The Kier molecular flexibility index (Phi) is 4.07. The third kappa shape index (κ3) is 3.36. The fourth-order valence-electron chi connectivity index (χ4n) is 1.98. The van der Waals surface area contributed by atoms with E-state index >= 15 is 0 Å². The van der Waals surface area contributed by atoms with Crippen molar-refractivity contribution in [2.24, 2.45) is 0 Å². The lowest BCUT2D eigenvalue weighted by molar-refractivity contribution is -0.141. The molecule has 0 saturated heterocycles. The zero-order valence-corrected chi connectivity index (χ0v) is 12.0. The largest absolute Gasteiger partial charge is 0.433 e. The van der Waals surface area contributed by atoms with Gasteiger partial charge in [-0.25, -0.2) is 4.98 Å². The highest BCUT2D eigenvalue weighted by molar-refractivity contribution is 6.05. The topological polar surface area (TPSA) is 68.0 Å². The van der Waals surface area contributed by atoms with Gasteiger partial charge in [0.1, 0.15) is 5.69 Å². The first kappa shape index (κ1) is 15.8. The van der Waals surface area contributed by atoms with Gasteiger partial charge in [0.2, 0.25) is 0 Å². The van der Waals surface area contributed by atoms with Crippen molar-refractivity contribution < 1.29 is 18.0 Å². The summed E-state index contributed by atoms with van der Waals surface area (Å²) < 4.78 is 37.7. The summed E-state index contributed by atoms with van der Waals surface area (Å²) in [5.41, 5.74) is 6.55. The van der Waals surface area contributed by atoms with Gasteiger partial charge in [-0.1, -0.05) is 0 Å². The van der Waals surface area contributed by atoms with Crippen LogP contribution in [0.4, 0.5) is 24.5 Å². The Labute approximate surface area is 125 Å². The molecule has 0 aliphatic rings. The highest BCUT2D eigenvalue weighted by Gasteiger charge is 2.33. The lowest BCUT2D eigenvalue weighted by Gasteiger charge is -2.12. The molecule has 3 N–H and O–H groups in total. The number of anilines is 2. The number of aryl methyl sites for hydroxylation is 2. The van der Waals surface area contributed by atoms with Crippen LogP contribution in [0, 0.1) is 13.8 Å². The summed E-state index contributed by atoms with van der Waals surface area (Å²) in [6, 6.07) is 6.86. The molecule has 0 bridgehead atoms. The van der Waals surface area contributed by atoms with Crippen LogP contribution in [0.25, 0.3) is 0 Å². The van der Waals surface area contributed by atoms with Crippen molar-refractivity contribution in [2.75, 3.05) is 11.1 Å². The van der Waals surface area contributed by atoms with Crippen molar-refractivity contribution in [1.82, 2.24) is 4.98 Å². The Balaban J connectivity index is 2.26. The number of carbonyl (C=O) groups excluding carboxylic acids is 1. The maximum Gasteiger partial charge on any atom is 0.433 e. The number of alkyl halides is 3. The van der Waals surface area contributed by atoms with Gasteiger partial charge in [-0.3, -0.25) is 4.79 Å². The number of nitrogens with one attached hydrogen (secondary N) is 1. The van der Waals surface area contributed by atoms with E-state index in [9.17, 15) is 18.0 Å². The Morgan fingerprint density at radius 3 is 2.41 bits per heavy atom. The SMILES string of the molecule is Cc1cc(N)ccc1NC(=O)c1ccc(C(F)(F)F)nc1C. The summed E-state index contributed by atoms with van der Waals surface area (Å²) in [5.74, 6) is -0.522. The van der Waals surface area contributed by atoms with Crippen molar-refractivity contribution in [2.45, 2.75) is 20.0 Å². The molecule has 1 aromatic heterocycles. The van der Waals surface area contributed by atoms with Gasteiger partial charge in [0.15, 0.2) is 0 Å². The second-order valence-corrected chi connectivity index (χ2v) is 4.86. The molecule has 1 aromatic carbocycles. The standard InChI is InChI=1S/C15H14F3N3O/c1-8-7-10(19)3-5-12(8)21-14(22)11-4-6-13(15(16,17)18)20-9(11)2/h3-7H,19H2,1-2H3,(H,21,22). The molecule has 116 valence electrons. The Hall–Kier alpha value is -2.57. The number of hydrogen-bond acceptors (Lipinski definition) is 3. The molecule has 0 fully saturated rings. The van der Waals surface area contributed by atoms with Gasteiger partial charge < -0.3 is 11.1 Å². The highest BCUT2D eigenvalue weighted by atomic mass is 19.4. The van der Waals surface area contributed by atoms with Gasteiger partial charge in [-0.05, 0) is 49.7 Å². The number of nitrogens with two attached hydrogens (primary N) is 1. The van der Waals surface area contributed by atoms with Crippen molar-refractivity contribution in [3.05, 3.63) is 52.8 Å². The maximum absolute atomic E-state index is 12.6. The van der Waals surface area contributed by atoms with Gasteiger partial charge in [-0.2, -0.15) is 13.2 Å². The van der Waals surface area contributed by atoms with Crippen LogP contribution in [0.3, 0.4) is 0 Å². The maximum atomic E-state index is 12.6. The van der Waals surface area contributed by atoms with Crippen molar-refractivity contribution in [1.29, 1.82) is 0 Å². The summed E-state index contributed by atoms with van der Waals surface area (Å²) in [6.45, 7) is 3.13. The van der Waals surface area contributed by atoms with E-state index in [-0.39, 0.29) is 11.3 Å². The van der Waals surface area contributed by atoms with E-state index in [4.69, 9.17) is 5.73 Å². The molecule has 7 heteroatoms. The number of benzene rings is 1. The Bertz CT molecular complexity index is 726. The summed E-state index contributed by atoms with van der Waals surface area (Å²) in [7, 11) is 0. The number of hydrogen-bond donors (Lipinski definition) is 2. The summed E-state index contributed by atoms with van der Waals surface area (Å²) in [5, 5.41) is 2.64. The summed E-state index contributed by atoms with van der Waals surface area (Å²) in [6.07, 6.45) is -4.53. The number of aromatic nitrogens is 1. The van der Waals surface area contributed by atoms with Gasteiger partial charge in [0, 0.05) is 11.4 Å². The monoisotopic (exact) mass is 309 g/mol. The number of pyridine rings is 1. The minimum absolute atomic E-state index is 0.0143. The van der Waals surface area contributed by atoms with Crippen LogP contribution in [-0.2, 0) is 6.18 Å². The van der Waals surface area contributed by atoms with Crippen LogP contribution in [0.2, 0.25) is 0 Å². The second kappa shape index (κ2) is 5.67. The average molecular weight is 309 g/mol. The van der Waals surface area contributed by atoms with E-state index in [0.717, 1.165) is 17.7 Å². The fraction of sp³-hybridized carbons (Fsp3) is 0.200. The first-order chi connectivity index (χ1) is 10.2. The fourth-order valence-corrected chi connectivity index (χ4v) is 1.98. The van der Waals surface area contributed by atoms with Gasteiger partial charge in [0.05, 0.1) is 11.3 Å². The van der Waals surface area contributed by atoms with Gasteiger partial charge >= 0.3 is 6.18 Å². The molecule has 0 radical (unpaired) electrons. The number of nitrogens with zero attached hydrogens (tertiary/aromatic N) is 1. The number of rotatable bonds is 2. The van der Waals surface area contributed by atoms with Crippen LogP contribution >= 0.6 is 0 Å². The van der Waals surface area contributed by atoms with E-state index in [0.29, 0.717) is 11.4 Å². The van der Waals surface area contributed by atoms with Crippen LogP contribution in [0.1, 0.15) is 27.3 Å². The van der Waals surface area contributed by atoms with Gasteiger partial charge in [0.25, 0.3) is 5.91 Å². The van der Waals surface area contributed by atoms with E-state index in [1.54, 1.807) is 25.1 Å². The smallest absolute Gasteiger partial charge is 0.399 e. The Morgan fingerprint density at radius 1 is 1.18 bits per heavy atom. The lowest BCUT2D eigenvalue weighted by atomic mass is 10.1. The molecule has 1 heterocycles. The van der Waals surface area contributed by atoms with E-state index in [2.05, 4.69) is 10.3 Å². The molecular formula is C15H14F3N3O. The van der Waals surface area contributed by atoms with Crippen LogP contribution in [0.15, 0.2) is 30.3 Å². The molecule has 22 heavy (non-hydrogen) atoms. The van der Waals surface area contributed by atoms with E-state index in [1.807, 2.05) is 0 Å². The zero-order valence-electron chi connectivity index (χ0n) is 12.0. The van der Waals surface area contributed by atoms with Crippen LogP contribution in [-0.4, -0.2) is 10.9 Å². The molecule has 1 amide bonds. The van der Waals surface area contributed by atoms with Crippen molar-refractivity contribution in [3.8, 4) is 0 Å². The van der Waals surface area contributed by atoms with Crippen LogP contribution in [0.5, 0.6) is 0 Å². The molecule has 0 unspecified atom stereocenters. The minimum Gasteiger partial charge on any atom is -0.399 e. The number of nitrogen functional groups attached to an aromatic ring is 1. The zero-order chi connectivity index (χ0) is 16.5. The predicted octanol–water partition coefficient (Wildman–Crippen LogP) is 3.55. The number of amides is 1. The first-order valence-electron chi connectivity index (χ1n) is 6.41. The molecule has 0 aliphatic carbocycles. The van der Waals surface area contributed by atoms with E-state index in [1.165, 1.54) is 6.92 Å². The molecule has 0 saturated carbocycles. The van der Waals surface area contributed by atoms with E-state index < -0.39 is 17.8 Å². The molecule has 4 nitrogen and oxygen atoms in total. The highest BCUT2D eigenvalue weighted by Crippen LogP contribution is 2.28. The van der Waals surface area contributed by atoms with Gasteiger partial charge in [-0.15, -0.1) is 0 Å². The average Bonchev–Trinajstić information content (AvgIpc) is 2.40.